The van der Waals surface area contributed by atoms with Gasteiger partial charge < -0.3 is 15.4 Å². The van der Waals surface area contributed by atoms with Gasteiger partial charge in [-0.05, 0) is 60.2 Å². The molecule has 0 aliphatic rings. The summed E-state index contributed by atoms with van der Waals surface area (Å²) in [6, 6.07) is 20.2. The monoisotopic (exact) mass is 422 g/mol. The minimum atomic E-state index is -0.457. The van der Waals surface area contributed by atoms with Crippen molar-refractivity contribution in [2.75, 3.05) is 10.6 Å². The molecule has 2 amide bonds. The van der Waals surface area contributed by atoms with Crippen LogP contribution >= 0.6 is 11.6 Å². The number of rotatable bonds is 6. The average Bonchev–Trinajstić information content (AvgIpc) is 2.71. The van der Waals surface area contributed by atoms with Crippen molar-refractivity contribution in [1.29, 1.82) is 0 Å². The Kier molecular flexibility index (Phi) is 6.83. The number of anilines is 2. The van der Waals surface area contributed by atoms with Gasteiger partial charge in [-0.25, -0.2) is 0 Å². The number of esters is 1. The van der Waals surface area contributed by atoms with Gasteiger partial charge in [0.15, 0.2) is 0 Å². The molecule has 0 aliphatic carbocycles. The van der Waals surface area contributed by atoms with E-state index in [0.29, 0.717) is 27.7 Å². The molecule has 0 radical (unpaired) electrons. The van der Waals surface area contributed by atoms with Gasteiger partial charge in [-0.15, -0.1) is 0 Å². The van der Waals surface area contributed by atoms with E-state index in [1.54, 1.807) is 66.7 Å². The standard InChI is InChI=1S/C23H19ClN2O4/c1-15(27)30-21-4-2-3-17(14-21)23(29)26-20-11-9-19(10-12-20)25-22(28)13-16-5-7-18(24)8-6-16/h2-12,14H,13H2,1H3,(H,25,28)(H,26,29). The van der Waals surface area contributed by atoms with E-state index in [0.717, 1.165) is 5.56 Å². The van der Waals surface area contributed by atoms with Gasteiger partial charge >= 0.3 is 5.97 Å². The smallest absolute Gasteiger partial charge is 0.308 e. The second-order valence-corrected chi connectivity index (χ2v) is 6.94. The molecule has 152 valence electrons. The first-order valence-electron chi connectivity index (χ1n) is 9.13. The summed E-state index contributed by atoms with van der Waals surface area (Å²) in [5, 5.41) is 6.19. The van der Waals surface area contributed by atoms with E-state index in [1.807, 2.05) is 0 Å². The van der Waals surface area contributed by atoms with E-state index in [9.17, 15) is 14.4 Å². The molecule has 3 rings (SSSR count). The van der Waals surface area contributed by atoms with Gasteiger partial charge in [-0.3, -0.25) is 14.4 Å². The molecule has 0 aromatic heterocycles. The highest BCUT2D eigenvalue weighted by molar-refractivity contribution is 6.30. The molecule has 30 heavy (non-hydrogen) atoms. The normalized spacial score (nSPS) is 10.2. The molecule has 3 aromatic rings. The zero-order valence-electron chi connectivity index (χ0n) is 16.1. The van der Waals surface area contributed by atoms with Crippen molar-refractivity contribution in [1.82, 2.24) is 0 Å². The molecule has 7 heteroatoms. The van der Waals surface area contributed by atoms with Crippen LogP contribution in [-0.4, -0.2) is 17.8 Å². The van der Waals surface area contributed by atoms with Crippen LogP contribution in [0.1, 0.15) is 22.8 Å². The fourth-order valence-electron chi connectivity index (χ4n) is 2.70. The Morgan fingerprint density at radius 3 is 2.13 bits per heavy atom. The highest BCUT2D eigenvalue weighted by Gasteiger charge is 2.09. The summed E-state index contributed by atoms with van der Waals surface area (Å²) in [6.45, 7) is 1.29. The number of hydrogen-bond donors (Lipinski definition) is 2. The second-order valence-electron chi connectivity index (χ2n) is 6.50. The molecule has 0 aliphatic heterocycles. The van der Waals surface area contributed by atoms with Gasteiger partial charge in [0.1, 0.15) is 5.75 Å². The zero-order chi connectivity index (χ0) is 21.5. The molecular formula is C23H19ClN2O4. The van der Waals surface area contributed by atoms with Crippen LogP contribution in [0.3, 0.4) is 0 Å². The summed E-state index contributed by atoms with van der Waals surface area (Å²) in [5.41, 5.74) is 2.39. The third-order valence-electron chi connectivity index (χ3n) is 4.06. The van der Waals surface area contributed by atoms with Gasteiger partial charge in [0.2, 0.25) is 5.91 Å². The number of carbonyl (C=O) groups is 3. The highest BCUT2D eigenvalue weighted by Crippen LogP contribution is 2.18. The Balaban J connectivity index is 1.57. The minimum absolute atomic E-state index is 0.156. The van der Waals surface area contributed by atoms with Crippen molar-refractivity contribution in [2.24, 2.45) is 0 Å². The van der Waals surface area contributed by atoms with Gasteiger partial charge in [0, 0.05) is 28.9 Å². The zero-order valence-corrected chi connectivity index (χ0v) is 16.9. The average molecular weight is 423 g/mol. The fourth-order valence-corrected chi connectivity index (χ4v) is 2.83. The Morgan fingerprint density at radius 2 is 1.50 bits per heavy atom. The summed E-state index contributed by atoms with van der Waals surface area (Å²) in [7, 11) is 0. The first-order valence-corrected chi connectivity index (χ1v) is 9.51. The molecule has 0 saturated heterocycles. The molecule has 2 N–H and O–H groups in total. The van der Waals surface area contributed by atoms with Crippen LogP contribution in [0.25, 0.3) is 0 Å². The van der Waals surface area contributed by atoms with Crippen molar-refractivity contribution >= 4 is 40.8 Å². The molecule has 0 saturated carbocycles. The van der Waals surface area contributed by atoms with Gasteiger partial charge in [-0.1, -0.05) is 29.8 Å². The Labute approximate surface area is 178 Å². The summed E-state index contributed by atoms with van der Waals surface area (Å²) in [5.74, 6) is -0.657. The van der Waals surface area contributed by atoms with Crippen molar-refractivity contribution in [3.8, 4) is 5.75 Å². The van der Waals surface area contributed by atoms with Crippen LogP contribution in [0.2, 0.25) is 5.02 Å². The predicted molar refractivity (Wildman–Crippen MR) is 116 cm³/mol. The SMILES string of the molecule is CC(=O)Oc1cccc(C(=O)Nc2ccc(NC(=O)Cc3ccc(Cl)cc3)cc2)c1. The lowest BCUT2D eigenvalue weighted by Crippen LogP contribution is -2.15. The molecule has 0 bridgehead atoms. The van der Waals surface area contributed by atoms with Crippen LogP contribution in [-0.2, 0) is 16.0 Å². The first kappa shape index (κ1) is 21.1. The number of halogens is 1. The van der Waals surface area contributed by atoms with E-state index < -0.39 is 5.97 Å². The van der Waals surface area contributed by atoms with E-state index in [-0.39, 0.29) is 18.2 Å². The largest absolute Gasteiger partial charge is 0.427 e. The minimum Gasteiger partial charge on any atom is -0.427 e. The van der Waals surface area contributed by atoms with Gasteiger partial charge in [0.25, 0.3) is 5.91 Å². The van der Waals surface area contributed by atoms with Crippen molar-refractivity contribution < 1.29 is 19.1 Å². The first-order chi connectivity index (χ1) is 14.4. The Hall–Kier alpha value is -3.64. The van der Waals surface area contributed by atoms with Gasteiger partial charge in [0.05, 0.1) is 6.42 Å². The fraction of sp³-hybridized carbons (Fsp3) is 0.0870. The second kappa shape index (κ2) is 9.71. The van der Waals surface area contributed by atoms with E-state index in [4.69, 9.17) is 16.3 Å². The highest BCUT2D eigenvalue weighted by atomic mass is 35.5. The van der Waals surface area contributed by atoms with Crippen molar-refractivity contribution in [3.05, 3.63) is 88.9 Å². The number of carbonyl (C=O) groups excluding carboxylic acids is 3. The van der Waals surface area contributed by atoms with Crippen LogP contribution in [0.5, 0.6) is 5.75 Å². The van der Waals surface area contributed by atoms with E-state index in [2.05, 4.69) is 10.6 Å². The molecule has 0 heterocycles. The number of amides is 2. The molecule has 0 atom stereocenters. The molecule has 0 spiro atoms. The lowest BCUT2D eigenvalue weighted by molar-refractivity contribution is -0.131. The lowest BCUT2D eigenvalue weighted by atomic mass is 10.1. The lowest BCUT2D eigenvalue weighted by Gasteiger charge is -2.09. The van der Waals surface area contributed by atoms with Crippen LogP contribution in [0.4, 0.5) is 11.4 Å². The van der Waals surface area contributed by atoms with Gasteiger partial charge in [-0.2, -0.15) is 0 Å². The molecule has 0 fully saturated rings. The molecule has 6 nitrogen and oxygen atoms in total. The Bertz CT molecular complexity index is 1060. The molecular weight excluding hydrogens is 404 g/mol. The third kappa shape index (κ3) is 6.18. The topological polar surface area (TPSA) is 84.5 Å². The van der Waals surface area contributed by atoms with E-state index >= 15 is 0 Å². The van der Waals surface area contributed by atoms with Crippen LogP contribution in [0, 0.1) is 0 Å². The summed E-state index contributed by atoms with van der Waals surface area (Å²) in [4.78, 5) is 35.6. The third-order valence-corrected chi connectivity index (χ3v) is 4.31. The van der Waals surface area contributed by atoms with Crippen LogP contribution in [0.15, 0.2) is 72.8 Å². The summed E-state index contributed by atoms with van der Waals surface area (Å²) in [6.07, 6.45) is 0.230. The van der Waals surface area contributed by atoms with Crippen LogP contribution < -0.4 is 15.4 Å². The van der Waals surface area contributed by atoms with Crippen molar-refractivity contribution in [3.63, 3.8) is 0 Å². The van der Waals surface area contributed by atoms with Crippen molar-refractivity contribution in [2.45, 2.75) is 13.3 Å². The predicted octanol–water partition coefficient (Wildman–Crippen LogP) is 4.70. The van der Waals surface area contributed by atoms with E-state index in [1.165, 1.54) is 13.0 Å². The summed E-state index contributed by atoms with van der Waals surface area (Å²) < 4.78 is 4.99. The number of ether oxygens (including phenoxy) is 1. The maximum absolute atomic E-state index is 12.4. The maximum atomic E-state index is 12.4. The quantitative estimate of drug-likeness (QED) is 0.445. The molecule has 0 unspecified atom stereocenters. The Morgan fingerprint density at radius 1 is 0.867 bits per heavy atom. The summed E-state index contributed by atoms with van der Waals surface area (Å²) >= 11 is 5.85. The maximum Gasteiger partial charge on any atom is 0.308 e. The number of benzene rings is 3. The number of hydrogen-bond acceptors (Lipinski definition) is 4. The molecule has 3 aromatic carbocycles. The number of nitrogens with one attached hydrogen (secondary N) is 2.